The number of piperazine rings is 1. The van der Waals surface area contributed by atoms with Crippen molar-refractivity contribution in [2.24, 2.45) is 0 Å². The minimum atomic E-state index is -4.30. The highest BCUT2D eigenvalue weighted by Crippen LogP contribution is 2.31. The van der Waals surface area contributed by atoms with Gasteiger partial charge in [0.1, 0.15) is 0 Å². The van der Waals surface area contributed by atoms with E-state index in [0.717, 1.165) is 58.2 Å². The summed E-state index contributed by atoms with van der Waals surface area (Å²) in [6.45, 7) is 5.06. The summed E-state index contributed by atoms with van der Waals surface area (Å²) in [4.78, 5) is 4.39. The van der Waals surface area contributed by atoms with Crippen LogP contribution < -0.4 is 4.90 Å². The summed E-state index contributed by atoms with van der Waals surface area (Å²) in [5, 5.41) is 4.80. The van der Waals surface area contributed by atoms with Crippen LogP contribution in [-0.2, 0) is 12.7 Å². The summed E-state index contributed by atoms with van der Waals surface area (Å²) in [5.41, 5.74) is 0.0613. The molecule has 142 valence electrons. The predicted molar refractivity (Wildman–Crippen MR) is 96.6 cm³/mol. The fraction of sp³-hybridized carbons (Fsp3) is 0.500. The number of aryl methyl sites for hydroxylation is 1. The van der Waals surface area contributed by atoms with Crippen LogP contribution in [0.4, 0.5) is 18.9 Å². The van der Waals surface area contributed by atoms with Crippen molar-refractivity contribution in [2.75, 3.05) is 37.6 Å². The number of hydrogen-bond acceptors (Lipinski definition) is 3. The molecule has 1 saturated heterocycles. The Morgan fingerprint density at radius 2 is 1.77 bits per heavy atom. The van der Waals surface area contributed by atoms with Gasteiger partial charge in [-0.15, -0.1) is 0 Å². The first kappa shape index (κ1) is 19.0. The van der Waals surface area contributed by atoms with Gasteiger partial charge >= 0.3 is 6.18 Å². The molecule has 2 heterocycles. The molecule has 0 aliphatic carbocycles. The number of hydrogen-bond donors (Lipinski definition) is 0. The maximum Gasteiger partial charge on any atom is 0.416 e. The molecule has 0 saturated carbocycles. The fourth-order valence-corrected chi connectivity index (χ4v) is 3.33. The quantitative estimate of drug-likeness (QED) is 0.697. The minimum absolute atomic E-state index is 0.587. The zero-order chi connectivity index (χ0) is 18.6. The van der Waals surface area contributed by atoms with Crippen molar-refractivity contribution in [3.63, 3.8) is 0 Å². The molecule has 8 heteroatoms. The van der Waals surface area contributed by atoms with E-state index in [-0.39, 0.29) is 0 Å². The van der Waals surface area contributed by atoms with Crippen molar-refractivity contribution < 1.29 is 13.2 Å². The topological polar surface area (TPSA) is 24.3 Å². The van der Waals surface area contributed by atoms with Crippen molar-refractivity contribution in [3.8, 4) is 0 Å². The zero-order valence-corrected chi connectivity index (χ0v) is 15.2. The number of rotatable bonds is 6. The van der Waals surface area contributed by atoms with Gasteiger partial charge in [0.2, 0.25) is 0 Å². The molecule has 0 spiro atoms. The molecule has 0 N–H and O–H groups in total. The average Bonchev–Trinajstić information content (AvgIpc) is 3.04. The highest BCUT2D eigenvalue weighted by molar-refractivity contribution is 6.30. The largest absolute Gasteiger partial charge is 0.416 e. The van der Waals surface area contributed by atoms with Crippen LogP contribution >= 0.6 is 11.6 Å². The molecular formula is C18H22ClF3N4. The molecule has 1 aromatic carbocycles. The molecule has 0 radical (unpaired) electrons. The third-order valence-corrected chi connectivity index (χ3v) is 4.82. The maximum atomic E-state index is 12.9. The lowest BCUT2D eigenvalue weighted by molar-refractivity contribution is -0.137. The van der Waals surface area contributed by atoms with Gasteiger partial charge in [0.15, 0.2) is 0 Å². The van der Waals surface area contributed by atoms with Crippen molar-refractivity contribution in [1.29, 1.82) is 0 Å². The van der Waals surface area contributed by atoms with Crippen LogP contribution in [0.1, 0.15) is 18.4 Å². The van der Waals surface area contributed by atoms with Crippen molar-refractivity contribution in [3.05, 3.63) is 47.2 Å². The van der Waals surface area contributed by atoms with E-state index >= 15 is 0 Å². The summed E-state index contributed by atoms with van der Waals surface area (Å²) in [6.07, 6.45) is 1.23. The molecule has 1 fully saturated rings. The molecule has 0 atom stereocenters. The van der Waals surface area contributed by atoms with Crippen LogP contribution in [0.15, 0.2) is 36.7 Å². The number of anilines is 1. The van der Waals surface area contributed by atoms with Gasteiger partial charge in [0, 0.05) is 44.6 Å². The first-order valence-electron chi connectivity index (χ1n) is 8.74. The SMILES string of the molecule is FC(F)(F)c1cccc(N2CCN(CCCCn3cc(Cl)cn3)CC2)c1. The normalized spacial score (nSPS) is 16.2. The molecule has 1 aliphatic heterocycles. The smallest absolute Gasteiger partial charge is 0.369 e. The van der Waals surface area contributed by atoms with Crippen molar-refractivity contribution in [1.82, 2.24) is 14.7 Å². The van der Waals surface area contributed by atoms with E-state index in [2.05, 4.69) is 10.00 Å². The average molecular weight is 387 g/mol. The lowest BCUT2D eigenvalue weighted by atomic mass is 10.1. The third kappa shape index (κ3) is 5.14. The summed E-state index contributed by atoms with van der Waals surface area (Å²) >= 11 is 5.84. The Morgan fingerprint density at radius 1 is 1.04 bits per heavy atom. The number of benzene rings is 1. The van der Waals surface area contributed by atoms with Crippen LogP contribution in [0.2, 0.25) is 5.02 Å². The second kappa shape index (κ2) is 8.31. The molecule has 1 aromatic heterocycles. The van der Waals surface area contributed by atoms with E-state index in [1.165, 1.54) is 12.1 Å². The third-order valence-electron chi connectivity index (χ3n) is 4.62. The molecule has 0 bridgehead atoms. The highest BCUT2D eigenvalue weighted by Gasteiger charge is 2.31. The molecule has 1 aliphatic rings. The Labute approximate surface area is 156 Å². The van der Waals surface area contributed by atoms with Crippen LogP contribution in [-0.4, -0.2) is 47.4 Å². The standard InChI is InChI=1S/C18H22ClF3N4/c19-16-13-23-26(14-16)7-2-1-6-24-8-10-25(11-9-24)17-5-3-4-15(12-17)18(20,21)22/h3-5,12-14H,1-2,6-11H2. The Kier molecular flexibility index (Phi) is 6.09. The molecular weight excluding hydrogens is 365 g/mol. The molecule has 4 nitrogen and oxygen atoms in total. The monoisotopic (exact) mass is 386 g/mol. The maximum absolute atomic E-state index is 12.9. The summed E-state index contributed by atoms with van der Waals surface area (Å²) < 4.78 is 40.4. The first-order valence-corrected chi connectivity index (χ1v) is 9.12. The van der Waals surface area contributed by atoms with E-state index in [4.69, 9.17) is 11.6 Å². The fourth-order valence-electron chi connectivity index (χ4n) is 3.18. The van der Waals surface area contributed by atoms with Crippen LogP contribution in [0, 0.1) is 0 Å². The van der Waals surface area contributed by atoms with Crippen molar-refractivity contribution >= 4 is 17.3 Å². The van der Waals surface area contributed by atoms with Gasteiger partial charge in [0.25, 0.3) is 0 Å². The van der Waals surface area contributed by atoms with Crippen LogP contribution in [0.25, 0.3) is 0 Å². The zero-order valence-electron chi connectivity index (χ0n) is 14.4. The summed E-state index contributed by atoms with van der Waals surface area (Å²) in [7, 11) is 0. The number of halogens is 4. The summed E-state index contributed by atoms with van der Waals surface area (Å²) in [6, 6.07) is 5.59. The van der Waals surface area contributed by atoms with E-state index in [9.17, 15) is 13.2 Å². The van der Waals surface area contributed by atoms with Gasteiger partial charge in [-0.3, -0.25) is 9.58 Å². The van der Waals surface area contributed by atoms with Gasteiger partial charge < -0.3 is 4.90 Å². The number of unbranched alkanes of at least 4 members (excludes halogenated alkanes) is 1. The Bertz CT molecular complexity index is 708. The van der Waals surface area contributed by atoms with E-state index < -0.39 is 11.7 Å². The van der Waals surface area contributed by atoms with Crippen molar-refractivity contribution in [2.45, 2.75) is 25.6 Å². The second-order valence-electron chi connectivity index (χ2n) is 6.51. The van der Waals surface area contributed by atoms with E-state index in [1.807, 2.05) is 15.8 Å². The Hall–Kier alpha value is -1.73. The van der Waals surface area contributed by atoms with Crippen LogP contribution in [0.5, 0.6) is 0 Å². The number of alkyl halides is 3. The second-order valence-corrected chi connectivity index (χ2v) is 6.94. The predicted octanol–water partition coefficient (Wildman–Crippen LogP) is 4.16. The first-order chi connectivity index (χ1) is 12.4. The molecule has 2 aromatic rings. The van der Waals surface area contributed by atoms with E-state index in [0.29, 0.717) is 10.7 Å². The minimum Gasteiger partial charge on any atom is -0.369 e. The van der Waals surface area contributed by atoms with Gasteiger partial charge in [-0.05, 0) is 37.6 Å². The number of aromatic nitrogens is 2. The molecule has 0 unspecified atom stereocenters. The lowest BCUT2D eigenvalue weighted by Crippen LogP contribution is -2.46. The van der Waals surface area contributed by atoms with Gasteiger partial charge in [-0.2, -0.15) is 18.3 Å². The highest BCUT2D eigenvalue weighted by atomic mass is 35.5. The lowest BCUT2D eigenvalue weighted by Gasteiger charge is -2.36. The molecule has 3 rings (SSSR count). The summed E-state index contributed by atoms with van der Waals surface area (Å²) in [5.74, 6) is 0. The van der Waals surface area contributed by atoms with E-state index in [1.54, 1.807) is 12.3 Å². The Morgan fingerprint density at radius 3 is 2.42 bits per heavy atom. The van der Waals surface area contributed by atoms with Crippen LogP contribution in [0.3, 0.4) is 0 Å². The number of nitrogens with zero attached hydrogens (tertiary/aromatic N) is 4. The molecule has 26 heavy (non-hydrogen) atoms. The Balaban J connectivity index is 1.41. The van der Waals surface area contributed by atoms with Gasteiger partial charge in [-0.25, -0.2) is 0 Å². The molecule has 0 amide bonds. The van der Waals surface area contributed by atoms with Gasteiger partial charge in [0.05, 0.1) is 16.8 Å². The van der Waals surface area contributed by atoms with Gasteiger partial charge in [-0.1, -0.05) is 17.7 Å².